The summed E-state index contributed by atoms with van der Waals surface area (Å²) in [6, 6.07) is 3.01. The van der Waals surface area contributed by atoms with Crippen molar-refractivity contribution >= 4 is 28.8 Å². The Bertz CT molecular complexity index is 684. The van der Waals surface area contributed by atoms with E-state index in [0.29, 0.717) is 5.52 Å². The number of hydrogen-bond donors (Lipinski definition) is 2. The number of anilines is 1. The Morgan fingerprint density at radius 2 is 2.10 bits per heavy atom. The zero-order valence-electron chi connectivity index (χ0n) is 10.4. The molecule has 1 aromatic heterocycles. The van der Waals surface area contributed by atoms with Crippen molar-refractivity contribution in [3.05, 3.63) is 42.7 Å². The highest BCUT2D eigenvalue weighted by Gasteiger charge is 2.18. The number of benzene rings is 1. The number of hydrogen-bond acceptors (Lipinski definition) is 5. The third-order valence-corrected chi connectivity index (χ3v) is 2.42. The van der Waals surface area contributed by atoms with Crippen molar-refractivity contribution in [2.75, 3.05) is 11.9 Å². The van der Waals surface area contributed by atoms with Gasteiger partial charge in [0, 0.05) is 12.4 Å². The molecular formula is C13H11N3O4. The number of rotatable bonds is 4. The van der Waals surface area contributed by atoms with Crippen molar-refractivity contribution in [1.29, 1.82) is 0 Å². The van der Waals surface area contributed by atoms with Crippen LogP contribution in [0, 0.1) is 0 Å². The monoisotopic (exact) mass is 273 g/mol. The predicted octanol–water partition coefficient (Wildman–Crippen LogP) is 2.06. The number of aromatic nitrogens is 2. The van der Waals surface area contributed by atoms with Crippen LogP contribution in [0.5, 0.6) is 0 Å². The van der Waals surface area contributed by atoms with Crippen LogP contribution in [0.15, 0.2) is 37.2 Å². The summed E-state index contributed by atoms with van der Waals surface area (Å²) in [5.74, 6) is -1.21. The van der Waals surface area contributed by atoms with Gasteiger partial charge in [0.25, 0.3) is 0 Å². The third kappa shape index (κ3) is 2.72. The van der Waals surface area contributed by atoms with Crippen LogP contribution in [-0.2, 0) is 4.74 Å². The predicted molar refractivity (Wildman–Crippen MR) is 71.7 cm³/mol. The molecule has 0 radical (unpaired) electrons. The van der Waals surface area contributed by atoms with Gasteiger partial charge >= 0.3 is 12.1 Å². The fourth-order valence-electron chi connectivity index (χ4n) is 1.64. The van der Waals surface area contributed by atoms with E-state index < -0.39 is 12.1 Å². The Kier molecular flexibility index (Phi) is 3.90. The van der Waals surface area contributed by atoms with Crippen LogP contribution >= 0.6 is 0 Å². The fourth-order valence-corrected chi connectivity index (χ4v) is 1.64. The molecule has 2 N–H and O–H groups in total. The smallest absolute Gasteiger partial charge is 0.411 e. The quantitative estimate of drug-likeness (QED) is 0.827. The molecule has 0 atom stereocenters. The number of carbonyl (C=O) groups is 2. The summed E-state index contributed by atoms with van der Waals surface area (Å²) in [7, 11) is 0. The maximum absolute atomic E-state index is 11.5. The minimum absolute atomic E-state index is 0.0294. The molecule has 7 nitrogen and oxygen atoms in total. The van der Waals surface area contributed by atoms with Crippen LogP contribution in [0.2, 0.25) is 0 Å². The van der Waals surface area contributed by atoms with E-state index >= 15 is 0 Å². The Morgan fingerprint density at radius 3 is 2.80 bits per heavy atom. The number of carboxylic acid groups (broad SMARTS) is 1. The number of fused-ring (bicyclic) bond motifs is 1. The molecule has 7 heteroatoms. The zero-order chi connectivity index (χ0) is 14.5. The maximum atomic E-state index is 11.5. The Morgan fingerprint density at radius 1 is 1.35 bits per heavy atom. The first kappa shape index (κ1) is 13.5. The molecule has 0 saturated heterocycles. The van der Waals surface area contributed by atoms with Gasteiger partial charge in [-0.3, -0.25) is 15.3 Å². The summed E-state index contributed by atoms with van der Waals surface area (Å²) >= 11 is 0. The topological polar surface area (TPSA) is 101 Å². The van der Waals surface area contributed by atoms with Crippen molar-refractivity contribution < 1.29 is 19.4 Å². The van der Waals surface area contributed by atoms with Crippen LogP contribution in [-0.4, -0.2) is 33.7 Å². The highest BCUT2D eigenvalue weighted by molar-refractivity contribution is 6.08. The van der Waals surface area contributed by atoms with Gasteiger partial charge in [-0.15, -0.1) is 0 Å². The summed E-state index contributed by atoms with van der Waals surface area (Å²) in [6.07, 6.45) is 3.48. The molecule has 0 fully saturated rings. The van der Waals surface area contributed by atoms with E-state index in [4.69, 9.17) is 4.74 Å². The van der Waals surface area contributed by atoms with Crippen LogP contribution in [0.25, 0.3) is 11.0 Å². The number of nitrogens with one attached hydrogen (secondary N) is 1. The molecule has 0 aliphatic rings. The molecule has 0 aliphatic carbocycles. The molecule has 0 bridgehead atoms. The number of carboxylic acids is 1. The Hall–Kier alpha value is -2.96. The minimum Gasteiger partial charge on any atom is -0.478 e. The van der Waals surface area contributed by atoms with E-state index in [1.165, 1.54) is 24.5 Å². The molecule has 2 aromatic rings. The summed E-state index contributed by atoms with van der Waals surface area (Å²) < 4.78 is 4.74. The van der Waals surface area contributed by atoms with Gasteiger partial charge in [-0.05, 0) is 12.1 Å². The zero-order valence-corrected chi connectivity index (χ0v) is 10.4. The van der Waals surface area contributed by atoms with Gasteiger partial charge < -0.3 is 9.84 Å². The van der Waals surface area contributed by atoms with E-state index in [1.807, 2.05) is 0 Å². The second-order valence-electron chi connectivity index (χ2n) is 3.73. The average Bonchev–Trinajstić information content (AvgIpc) is 2.44. The first-order valence-corrected chi connectivity index (χ1v) is 5.65. The molecule has 0 aliphatic heterocycles. The van der Waals surface area contributed by atoms with Gasteiger partial charge in [0.05, 0.1) is 11.2 Å². The van der Waals surface area contributed by atoms with Gasteiger partial charge in [-0.25, -0.2) is 9.59 Å². The first-order valence-electron chi connectivity index (χ1n) is 5.65. The Balaban J connectivity index is 2.42. The highest BCUT2D eigenvalue weighted by atomic mass is 16.5. The lowest BCUT2D eigenvalue weighted by Crippen LogP contribution is -2.16. The summed E-state index contributed by atoms with van der Waals surface area (Å²) in [5, 5.41) is 11.6. The summed E-state index contributed by atoms with van der Waals surface area (Å²) in [4.78, 5) is 30.8. The SMILES string of the molecule is C=CCOC(=O)Nc1ccc2nccnc2c1C(=O)O. The molecule has 0 saturated carbocycles. The summed E-state index contributed by atoms with van der Waals surface area (Å²) in [6.45, 7) is 3.44. The lowest BCUT2D eigenvalue weighted by Gasteiger charge is -2.09. The normalized spacial score (nSPS) is 10.0. The highest BCUT2D eigenvalue weighted by Crippen LogP contribution is 2.23. The lowest BCUT2D eigenvalue weighted by molar-refractivity contribution is 0.0700. The van der Waals surface area contributed by atoms with Crippen molar-refractivity contribution in [3.63, 3.8) is 0 Å². The van der Waals surface area contributed by atoms with E-state index in [1.54, 1.807) is 6.07 Å². The molecule has 1 heterocycles. The van der Waals surface area contributed by atoms with Crippen molar-refractivity contribution in [2.45, 2.75) is 0 Å². The molecule has 1 amide bonds. The molecule has 1 aromatic carbocycles. The van der Waals surface area contributed by atoms with Crippen molar-refractivity contribution in [1.82, 2.24) is 9.97 Å². The van der Waals surface area contributed by atoms with E-state index in [-0.39, 0.29) is 23.4 Å². The molecule has 102 valence electrons. The largest absolute Gasteiger partial charge is 0.478 e. The first-order chi connectivity index (χ1) is 9.63. The molecule has 20 heavy (non-hydrogen) atoms. The van der Waals surface area contributed by atoms with Crippen molar-refractivity contribution in [3.8, 4) is 0 Å². The van der Waals surface area contributed by atoms with Gasteiger partial charge in [0.15, 0.2) is 0 Å². The molecule has 0 spiro atoms. The molecule has 0 unspecified atom stereocenters. The number of amides is 1. The minimum atomic E-state index is -1.21. The van der Waals surface area contributed by atoms with Crippen LogP contribution in [0.3, 0.4) is 0 Å². The summed E-state index contributed by atoms with van der Waals surface area (Å²) in [5.41, 5.74) is 0.585. The third-order valence-electron chi connectivity index (χ3n) is 2.42. The number of ether oxygens (including phenoxy) is 1. The number of carbonyl (C=O) groups excluding carboxylic acids is 1. The lowest BCUT2D eigenvalue weighted by atomic mass is 10.1. The second-order valence-corrected chi connectivity index (χ2v) is 3.73. The number of aromatic carboxylic acids is 1. The van der Waals surface area contributed by atoms with Gasteiger partial charge in [-0.2, -0.15) is 0 Å². The standard InChI is InChI=1S/C13H11N3O4/c1-2-7-20-13(19)16-8-3-4-9-11(10(8)12(17)18)15-6-5-14-9/h2-6H,1,7H2,(H,16,19)(H,17,18). The number of nitrogens with zero attached hydrogens (tertiary/aromatic N) is 2. The van der Waals surface area contributed by atoms with E-state index in [2.05, 4.69) is 21.9 Å². The Labute approximate surface area is 113 Å². The molecule has 2 rings (SSSR count). The maximum Gasteiger partial charge on any atom is 0.411 e. The van der Waals surface area contributed by atoms with Crippen LogP contribution < -0.4 is 5.32 Å². The average molecular weight is 273 g/mol. The van der Waals surface area contributed by atoms with E-state index in [9.17, 15) is 14.7 Å². The van der Waals surface area contributed by atoms with Gasteiger partial charge in [0.2, 0.25) is 0 Å². The molecular weight excluding hydrogens is 262 g/mol. The second kappa shape index (κ2) is 5.79. The van der Waals surface area contributed by atoms with Crippen LogP contribution in [0.1, 0.15) is 10.4 Å². The van der Waals surface area contributed by atoms with Gasteiger partial charge in [0.1, 0.15) is 17.7 Å². The van der Waals surface area contributed by atoms with Crippen LogP contribution in [0.4, 0.5) is 10.5 Å². The van der Waals surface area contributed by atoms with Crippen molar-refractivity contribution in [2.24, 2.45) is 0 Å². The fraction of sp³-hybridized carbons (Fsp3) is 0.0769. The van der Waals surface area contributed by atoms with Gasteiger partial charge in [-0.1, -0.05) is 12.7 Å². The van der Waals surface area contributed by atoms with E-state index in [0.717, 1.165) is 0 Å².